The van der Waals surface area contributed by atoms with Crippen LogP contribution < -0.4 is 10.6 Å². The van der Waals surface area contributed by atoms with Crippen molar-refractivity contribution in [3.63, 3.8) is 0 Å². The fourth-order valence-corrected chi connectivity index (χ4v) is 3.79. The van der Waals surface area contributed by atoms with Gasteiger partial charge in [0.15, 0.2) is 5.65 Å². The highest BCUT2D eigenvalue weighted by atomic mass is 16.2. The highest BCUT2D eigenvalue weighted by Crippen LogP contribution is 2.48. The largest absolute Gasteiger partial charge is 0.369 e. The van der Waals surface area contributed by atoms with Crippen LogP contribution in [0, 0.1) is 18.3 Å². The van der Waals surface area contributed by atoms with Crippen molar-refractivity contribution in [2.45, 2.75) is 46.1 Å². The molecule has 2 heterocycles. The molecule has 1 saturated carbocycles. The molecule has 0 radical (unpaired) electrons. The number of hydrogen-bond acceptors (Lipinski definition) is 6. The molecule has 0 saturated heterocycles. The van der Waals surface area contributed by atoms with Crippen LogP contribution >= 0.6 is 0 Å². The molecule has 8 nitrogen and oxygen atoms in total. The van der Waals surface area contributed by atoms with E-state index in [1.54, 1.807) is 0 Å². The van der Waals surface area contributed by atoms with Crippen molar-refractivity contribution in [3.05, 3.63) is 12.0 Å². The van der Waals surface area contributed by atoms with Crippen molar-refractivity contribution in [2.75, 3.05) is 32.5 Å². The van der Waals surface area contributed by atoms with E-state index in [4.69, 9.17) is 0 Å². The fourth-order valence-electron chi connectivity index (χ4n) is 3.79. The van der Waals surface area contributed by atoms with Crippen molar-refractivity contribution in [1.82, 2.24) is 30.4 Å². The predicted molar refractivity (Wildman–Crippen MR) is 107 cm³/mol. The summed E-state index contributed by atoms with van der Waals surface area (Å²) in [6.07, 6.45) is 4.87. The fraction of sp³-hybridized carbons (Fsp3) is 0.684. The first-order valence-electron chi connectivity index (χ1n) is 9.67. The van der Waals surface area contributed by atoms with Gasteiger partial charge >= 0.3 is 0 Å². The molecule has 27 heavy (non-hydrogen) atoms. The molecule has 0 aliphatic heterocycles. The van der Waals surface area contributed by atoms with Gasteiger partial charge in [-0.05, 0) is 51.6 Å². The average molecular weight is 374 g/mol. The Morgan fingerprint density at radius 3 is 2.70 bits per heavy atom. The Hall–Kier alpha value is -2.22. The Kier molecular flexibility index (Phi) is 5.64. The van der Waals surface area contributed by atoms with Gasteiger partial charge in [0.25, 0.3) is 0 Å². The van der Waals surface area contributed by atoms with Crippen LogP contribution in [0.25, 0.3) is 11.0 Å². The van der Waals surface area contributed by atoms with Gasteiger partial charge in [-0.2, -0.15) is 5.10 Å². The third-order valence-electron chi connectivity index (χ3n) is 5.53. The molecule has 2 aromatic rings. The van der Waals surface area contributed by atoms with Crippen LogP contribution in [-0.4, -0.2) is 64.2 Å². The molecular formula is C19H31N7O. The van der Waals surface area contributed by atoms with Crippen molar-refractivity contribution in [3.8, 4) is 0 Å². The van der Waals surface area contributed by atoms with E-state index in [1.165, 1.54) is 19.2 Å². The number of anilines is 1. The monoisotopic (exact) mass is 373 g/mol. The lowest BCUT2D eigenvalue weighted by atomic mass is 10.0. The van der Waals surface area contributed by atoms with E-state index in [2.05, 4.69) is 44.6 Å². The normalized spacial score (nSPS) is 16.7. The standard InChI is InChI=1S/C19H31N7O/c1-12(2)15(26(4)5)18(27)20-9-8-19(6-7-19)10-21-16-14-13(3)24-25-17(14)23-11-22-16/h11-12,15H,6-10H2,1-5H3,(H,20,27)(H2,21,22,23,24,25)/t15-/m0/s1. The van der Waals surface area contributed by atoms with E-state index >= 15 is 0 Å². The zero-order valence-corrected chi connectivity index (χ0v) is 17.0. The van der Waals surface area contributed by atoms with Crippen molar-refractivity contribution in [2.24, 2.45) is 11.3 Å². The summed E-state index contributed by atoms with van der Waals surface area (Å²) < 4.78 is 0. The number of nitrogens with zero attached hydrogens (tertiary/aromatic N) is 4. The van der Waals surface area contributed by atoms with Crippen LogP contribution in [0.1, 0.15) is 38.8 Å². The summed E-state index contributed by atoms with van der Waals surface area (Å²) in [7, 11) is 3.91. The van der Waals surface area contributed by atoms with Crippen LogP contribution in [0.15, 0.2) is 6.33 Å². The molecule has 148 valence electrons. The summed E-state index contributed by atoms with van der Waals surface area (Å²) in [6, 6.07) is -0.0864. The lowest BCUT2D eigenvalue weighted by molar-refractivity contribution is -0.127. The number of aromatic nitrogens is 4. The second kappa shape index (κ2) is 7.80. The molecule has 0 spiro atoms. The SMILES string of the molecule is Cc1[nH]nc2ncnc(NCC3(CCNC(=O)[C@H](C(C)C)N(C)C)CC3)c12. The second-order valence-electron chi connectivity index (χ2n) is 8.32. The van der Waals surface area contributed by atoms with Crippen LogP contribution in [0.4, 0.5) is 5.82 Å². The summed E-state index contributed by atoms with van der Waals surface area (Å²) in [5, 5.41) is 14.7. The maximum atomic E-state index is 12.5. The van der Waals surface area contributed by atoms with Gasteiger partial charge in [-0.25, -0.2) is 9.97 Å². The molecular weight excluding hydrogens is 342 g/mol. The van der Waals surface area contributed by atoms with Gasteiger partial charge in [-0.1, -0.05) is 13.8 Å². The minimum Gasteiger partial charge on any atom is -0.369 e. The van der Waals surface area contributed by atoms with Crippen LogP contribution in [0.3, 0.4) is 0 Å². The number of carbonyl (C=O) groups is 1. The molecule has 0 bridgehead atoms. The third-order valence-corrected chi connectivity index (χ3v) is 5.53. The number of aryl methyl sites for hydroxylation is 1. The van der Waals surface area contributed by atoms with E-state index < -0.39 is 0 Å². The van der Waals surface area contributed by atoms with Gasteiger partial charge in [-0.3, -0.25) is 14.8 Å². The van der Waals surface area contributed by atoms with E-state index in [0.717, 1.165) is 29.9 Å². The molecule has 1 aliphatic carbocycles. The highest BCUT2D eigenvalue weighted by Gasteiger charge is 2.42. The van der Waals surface area contributed by atoms with Gasteiger partial charge in [-0.15, -0.1) is 0 Å². The minimum atomic E-state index is -0.0864. The number of H-pyrrole nitrogens is 1. The summed E-state index contributed by atoms with van der Waals surface area (Å²) in [5.41, 5.74) is 1.90. The topological polar surface area (TPSA) is 98.8 Å². The van der Waals surface area contributed by atoms with Crippen LogP contribution in [-0.2, 0) is 4.79 Å². The predicted octanol–water partition coefficient (Wildman–Crippen LogP) is 1.95. The summed E-state index contributed by atoms with van der Waals surface area (Å²) in [6.45, 7) is 7.69. The van der Waals surface area contributed by atoms with Crippen molar-refractivity contribution in [1.29, 1.82) is 0 Å². The molecule has 8 heteroatoms. The van der Waals surface area contributed by atoms with Gasteiger partial charge in [0, 0.05) is 18.8 Å². The van der Waals surface area contributed by atoms with E-state index in [9.17, 15) is 4.79 Å². The Balaban J connectivity index is 1.53. The minimum absolute atomic E-state index is 0.0864. The zero-order chi connectivity index (χ0) is 19.6. The van der Waals surface area contributed by atoms with E-state index in [1.807, 2.05) is 25.9 Å². The van der Waals surface area contributed by atoms with Crippen molar-refractivity contribution < 1.29 is 4.79 Å². The molecule has 1 atom stereocenters. The first-order valence-corrected chi connectivity index (χ1v) is 9.67. The number of rotatable bonds is 9. The molecule has 3 N–H and O–H groups in total. The first-order chi connectivity index (χ1) is 12.8. The molecule has 1 fully saturated rings. The Morgan fingerprint density at radius 1 is 1.33 bits per heavy atom. The Morgan fingerprint density at radius 2 is 2.07 bits per heavy atom. The maximum Gasteiger partial charge on any atom is 0.237 e. The highest BCUT2D eigenvalue weighted by molar-refractivity contribution is 5.88. The molecule has 0 unspecified atom stereocenters. The van der Waals surface area contributed by atoms with Gasteiger partial charge < -0.3 is 10.6 Å². The number of likely N-dealkylation sites (N-methyl/N-ethyl adjacent to an activating group) is 1. The van der Waals surface area contributed by atoms with Gasteiger partial charge in [0.2, 0.25) is 5.91 Å². The lowest BCUT2D eigenvalue weighted by Gasteiger charge is -2.27. The number of carbonyl (C=O) groups excluding carboxylic acids is 1. The molecule has 1 aliphatic rings. The number of amides is 1. The summed E-state index contributed by atoms with van der Waals surface area (Å²) >= 11 is 0. The Bertz CT molecular complexity index is 786. The number of nitrogens with one attached hydrogen (secondary N) is 3. The number of fused-ring (bicyclic) bond motifs is 1. The maximum absolute atomic E-state index is 12.5. The first kappa shape index (κ1) is 19.5. The summed E-state index contributed by atoms with van der Waals surface area (Å²) in [5.74, 6) is 1.23. The third kappa shape index (κ3) is 4.37. The molecule has 0 aromatic carbocycles. The van der Waals surface area contributed by atoms with E-state index in [-0.39, 0.29) is 23.3 Å². The lowest BCUT2D eigenvalue weighted by Crippen LogP contribution is -2.47. The number of aromatic amines is 1. The summed E-state index contributed by atoms with van der Waals surface area (Å²) in [4.78, 5) is 23.0. The quantitative estimate of drug-likeness (QED) is 0.621. The van der Waals surface area contributed by atoms with Crippen LogP contribution in [0.2, 0.25) is 0 Å². The number of hydrogen-bond donors (Lipinski definition) is 3. The van der Waals surface area contributed by atoms with Crippen LogP contribution in [0.5, 0.6) is 0 Å². The average Bonchev–Trinajstić information content (AvgIpc) is 3.27. The van der Waals surface area contributed by atoms with E-state index in [0.29, 0.717) is 12.2 Å². The zero-order valence-electron chi connectivity index (χ0n) is 17.0. The molecule has 1 amide bonds. The second-order valence-corrected chi connectivity index (χ2v) is 8.32. The Labute approximate surface area is 160 Å². The van der Waals surface area contributed by atoms with Gasteiger partial charge in [0.05, 0.1) is 11.4 Å². The molecule has 2 aromatic heterocycles. The molecule has 3 rings (SSSR count). The van der Waals surface area contributed by atoms with Crippen molar-refractivity contribution >= 4 is 22.8 Å². The van der Waals surface area contributed by atoms with Gasteiger partial charge in [0.1, 0.15) is 12.1 Å². The smallest absolute Gasteiger partial charge is 0.237 e.